The van der Waals surface area contributed by atoms with Gasteiger partial charge < -0.3 is 10.2 Å². The zero-order valence-corrected chi connectivity index (χ0v) is 13.2. The van der Waals surface area contributed by atoms with Gasteiger partial charge in [-0.25, -0.2) is 0 Å². The number of aromatic hydroxyl groups is 2. The van der Waals surface area contributed by atoms with Gasteiger partial charge in [0.05, 0.1) is 12.6 Å². The number of benzene rings is 2. The lowest BCUT2D eigenvalue weighted by molar-refractivity contribution is 0.239. The van der Waals surface area contributed by atoms with Crippen LogP contribution in [0.5, 0.6) is 11.8 Å². The Labute approximate surface area is 140 Å². The first kappa shape index (κ1) is 16.0. The highest BCUT2D eigenvalue weighted by atomic mass is 16.3. The Kier molecular flexibility index (Phi) is 5.03. The van der Waals surface area contributed by atoms with Gasteiger partial charge in [0, 0.05) is 13.1 Å². The Morgan fingerprint density at radius 1 is 0.667 bits per heavy atom. The molecular formula is C19H19N3O2. The highest BCUT2D eigenvalue weighted by molar-refractivity contribution is 5.20. The molecule has 24 heavy (non-hydrogen) atoms. The van der Waals surface area contributed by atoms with Crippen LogP contribution in [0.15, 0.2) is 66.7 Å². The molecule has 122 valence electrons. The zero-order valence-electron chi connectivity index (χ0n) is 13.2. The van der Waals surface area contributed by atoms with Crippen LogP contribution in [-0.4, -0.2) is 25.1 Å². The predicted molar refractivity (Wildman–Crippen MR) is 91.2 cm³/mol. The fourth-order valence-corrected chi connectivity index (χ4v) is 2.59. The average Bonchev–Trinajstić information content (AvgIpc) is 2.55. The standard InChI is InChI=1S/C19H19N3O2/c23-18-11-19(24)21-17(20-18)14-22(12-15-7-3-1-4-8-15)13-16-9-5-2-6-10-16/h1-11H,12-14H2,(H2,20,21,23,24). The third kappa shape index (κ3) is 4.54. The van der Waals surface area contributed by atoms with Gasteiger partial charge >= 0.3 is 0 Å². The summed E-state index contributed by atoms with van der Waals surface area (Å²) >= 11 is 0. The summed E-state index contributed by atoms with van der Waals surface area (Å²) in [6, 6.07) is 21.4. The van der Waals surface area contributed by atoms with E-state index in [-0.39, 0.29) is 11.8 Å². The van der Waals surface area contributed by atoms with Crippen molar-refractivity contribution in [1.29, 1.82) is 0 Å². The van der Waals surface area contributed by atoms with Gasteiger partial charge in [0.15, 0.2) is 0 Å². The molecule has 5 nitrogen and oxygen atoms in total. The third-order valence-electron chi connectivity index (χ3n) is 3.61. The largest absolute Gasteiger partial charge is 0.493 e. The third-order valence-corrected chi connectivity index (χ3v) is 3.61. The van der Waals surface area contributed by atoms with Crippen LogP contribution < -0.4 is 0 Å². The van der Waals surface area contributed by atoms with Crippen molar-refractivity contribution in [3.05, 3.63) is 83.7 Å². The summed E-state index contributed by atoms with van der Waals surface area (Å²) < 4.78 is 0. The summed E-state index contributed by atoms with van der Waals surface area (Å²) in [4.78, 5) is 10.2. The van der Waals surface area contributed by atoms with E-state index in [9.17, 15) is 10.2 Å². The molecule has 0 atom stereocenters. The van der Waals surface area contributed by atoms with E-state index in [1.807, 2.05) is 36.4 Å². The van der Waals surface area contributed by atoms with Crippen LogP contribution in [-0.2, 0) is 19.6 Å². The molecule has 0 aliphatic rings. The summed E-state index contributed by atoms with van der Waals surface area (Å²) in [6.07, 6.45) is 0. The molecular weight excluding hydrogens is 302 g/mol. The molecule has 0 bridgehead atoms. The minimum absolute atomic E-state index is 0.225. The van der Waals surface area contributed by atoms with Crippen molar-refractivity contribution in [3.8, 4) is 11.8 Å². The molecule has 2 aromatic carbocycles. The van der Waals surface area contributed by atoms with Gasteiger partial charge in [-0.15, -0.1) is 0 Å². The van der Waals surface area contributed by atoms with Crippen molar-refractivity contribution in [1.82, 2.24) is 14.9 Å². The SMILES string of the molecule is Oc1cc(O)nc(CN(Cc2ccccc2)Cc2ccccc2)n1. The van der Waals surface area contributed by atoms with E-state index in [0.717, 1.165) is 19.2 Å². The second kappa shape index (κ2) is 7.57. The average molecular weight is 321 g/mol. The fourth-order valence-electron chi connectivity index (χ4n) is 2.59. The number of hydrogen-bond acceptors (Lipinski definition) is 5. The van der Waals surface area contributed by atoms with Crippen LogP contribution in [0.3, 0.4) is 0 Å². The maximum absolute atomic E-state index is 9.56. The van der Waals surface area contributed by atoms with Gasteiger partial charge in [-0.2, -0.15) is 9.97 Å². The first-order chi connectivity index (χ1) is 11.7. The summed E-state index contributed by atoms with van der Waals surface area (Å²) in [5, 5.41) is 19.1. The van der Waals surface area contributed by atoms with E-state index < -0.39 is 0 Å². The fraction of sp³-hybridized carbons (Fsp3) is 0.158. The van der Waals surface area contributed by atoms with E-state index in [4.69, 9.17) is 0 Å². The number of aromatic nitrogens is 2. The molecule has 0 unspecified atom stereocenters. The minimum Gasteiger partial charge on any atom is -0.493 e. The molecule has 1 aromatic heterocycles. The Bertz CT molecular complexity index is 717. The monoisotopic (exact) mass is 321 g/mol. The molecule has 0 aliphatic carbocycles. The molecule has 0 fully saturated rings. The van der Waals surface area contributed by atoms with Crippen molar-refractivity contribution >= 4 is 0 Å². The van der Waals surface area contributed by atoms with Crippen molar-refractivity contribution < 1.29 is 10.2 Å². The number of hydrogen-bond donors (Lipinski definition) is 2. The first-order valence-electron chi connectivity index (χ1n) is 7.75. The Morgan fingerprint density at radius 2 is 1.12 bits per heavy atom. The van der Waals surface area contributed by atoms with Crippen LogP contribution in [0.1, 0.15) is 17.0 Å². The van der Waals surface area contributed by atoms with Gasteiger partial charge in [-0.05, 0) is 11.1 Å². The number of nitrogens with zero attached hydrogens (tertiary/aromatic N) is 3. The second-order valence-electron chi connectivity index (χ2n) is 5.62. The molecule has 5 heteroatoms. The number of rotatable bonds is 6. The molecule has 2 N–H and O–H groups in total. The molecule has 0 saturated heterocycles. The predicted octanol–water partition coefficient (Wildman–Crippen LogP) is 3.09. The maximum Gasteiger partial charge on any atom is 0.218 e. The highest BCUT2D eigenvalue weighted by Gasteiger charge is 2.12. The molecule has 0 radical (unpaired) electrons. The van der Waals surface area contributed by atoms with Gasteiger partial charge in [0.2, 0.25) is 11.8 Å². The van der Waals surface area contributed by atoms with Crippen LogP contribution in [0.25, 0.3) is 0 Å². The van der Waals surface area contributed by atoms with Gasteiger partial charge in [0.1, 0.15) is 5.82 Å². The molecule has 0 amide bonds. The quantitative estimate of drug-likeness (QED) is 0.730. The summed E-state index contributed by atoms with van der Waals surface area (Å²) in [7, 11) is 0. The van der Waals surface area contributed by atoms with Gasteiger partial charge in [-0.3, -0.25) is 4.90 Å². The summed E-state index contributed by atoms with van der Waals surface area (Å²) in [5.41, 5.74) is 2.36. The summed E-state index contributed by atoms with van der Waals surface area (Å²) in [5.74, 6) is -0.0619. The first-order valence-corrected chi connectivity index (χ1v) is 7.75. The Balaban J connectivity index is 1.80. The highest BCUT2D eigenvalue weighted by Crippen LogP contribution is 2.16. The minimum atomic E-state index is -0.225. The lowest BCUT2D eigenvalue weighted by Gasteiger charge is -2.22. The van der Waals surface area contributed by atoms with E-state index in [2.05, 4.69) is 39.1 Å². The topological polar surface area (TPSA) is 69.5 Å². The Hall–Kier alpha value is -2.92. The molecule has 3 aromatic rings. The zero-order chi connectivity index (χ0) is 16.8. The Morgan fingerprint density at radius 3 is 1.58 bits per heavy atom. The lowest BCUT2D eigenvalue weighted by Crippen LogP contribution is -2.23. The van der Waals surface area contributed by atoms with Crippen molar-refractivity contribution in [2.75, 3.05) is 0 Å². The van der Waals surface area contributed by atoms with Crippen LogP contribution >= 0.6 is 0 Å². The van der Waals surface area contributed by atoms with E-state index in [1.165, 1.54) is 11.1 Å². The van der Waals surface area contributed by atoms with Crippen LogP contribution in [0.2, 0.25) is 0 Å². The maximum atomic E-state index is 9.56. The normalized spacial score (nSPS) is 10.9. The smallest absolute Gasteiger partial charge is 0.218 e. The summed E-state index contributed by atoms with van der Waals surface area (Å²) in [6.45, 7) is 1.86. The van der Waals surface area contributed by atoms with E-state index >= 15 is 0 Å². The molecule has 0 aliphatic heterocycles. The molecule has 0 saturated carbocycles. The van der Waals surface area contributed by atoms with Crippen molar-refractivity contribution in [3.63, 3.8) is 0 Å². The van der Waals surface area contributed by atoms with Gasteiger partial charge in [0.25, 0.3) is 0 Å². The van der Waals surface area contributed by atoms with Crippen molar-refractivity contribution in [2.24, 2.45) is 0 Å². The van der Waals surface area contributed by atoms with Gasteiger partial charge in [-0.1, -0.05) is 60.7 Å². The second-order valence-corrected chi connectivity index (χ2v) is 5.62. The molecule has 0 spiro atoms. The molecule has 3 rings (SSSR count). The van der Waals surface area contributed by atoms with E-state index in [1.54, 1.807) is 0 Å². The van der Waals surface area contributed by atoms with Crippen LogP contribution in [0.4, 0.5) is 0 Å². The molecule has 1 heterocycles. The van der Waals surface area contributed by atoms with Crippen molar-refractivity contribution in [2.45, 2.75) is 19.6 Å². The van der Waals surface area contributed by atoms with E-state index in [0.29, 0.717) is 12.4 Å². The lowest BCUT2D eigenvalue weighted by atomic mass is 10.1. The van der Waals surface area contributed by atoms with Crippen LogP contribution in [0, 0.1) is 0 Å².